The summed E-state index contributed by atoms with van der Waals surface area (Å²) < 4.78 is 50.2. The van der Waals surface area contributed by atoms with Crippen LogP contribution in [0.4, 0.5) is 28.0 Å². The molecule has 27 heavy (non-hydrogen) atoms. The van der Waals surface area contributed by atoms with Crippen molar-refractivity contribution in [1.29, 1.82) is 0 Å². The molecule has 150 valence electrons. The van der Waals surface area contributed by atoms with Gasteiger partial charge in [0.15, 0.2) is 0 Å². The third-order valence-corrected chi connectivity index (χ3v) is 5.04. The van der Waals surface area contributed by atoms with E-state index in [9.17, 15) is 22.4 Å². The van der Waals surface area contributed by atoms with Crippen LogP contribution in [0.1, 0.15) is 12.8 Å². The molecule has 1 aromatic carbocycles. The van der Waals surface area contributed by atoms with E-state index in [0.29, 0.717) is 19.5 Å². The lowest BCUT2D eigenvalue weighted by atomic mass is 10.1. The number of benzene rings is 1. The zero-order valence-electron chi connectivity index (χ0n) is 14.9. The summed E-state index contributed by atoms with van der Waals surface area (Å²) in [6, 6.07) is 5.74. The first-order valence-electron chi connectivity index (χ1n) is 9.12. The second-order valence-electron chi connectivity index (χ2n) is 7.27. The smallest absolute Gasteiger partial charge is 0.371 e. The summed E-state index contributed by atoms with van der Waals surface area (Å²) in [4.78, 5) is 15.5. The highest BCUT2D eigenvalue weighted by molar-refractivity contribution is 5.74. The molecule has 0 radical (unpaired) electrons. The van der Waals surface area contributed by atoms with E-state index >= 15 is 0 Å². The highest BCUT2D eigenvalue weighted by atomic mass is 19.4. The van der Waals surface area contributed by atoms with Gasteiger partial charge in [-0.05, 0) is 43.0 Å². The number of nitrogens with zero attached hydrogens (tertiary/aromatic N) is 2. The molecule has 0 aromatic heterocycles. The van der Waals surface area contributed by atoms with Crippen LogP contribution in [0.25, 0.3) is 0 Å². The Morgan fingerprint density at radius 3 is 2.56 bits per heavy atom. The summed E-state index contributed by atoms with van der Waals surface area (Å²) in [5, 5.41) is 5.57. The van der Waals surface area contributed by atoms with E-state index in [4.69, 9.17) is 0 Å². The second kappa shape index (κ2) is 8.33. The lowest BCUT2D eigenvalue weighted by Crippen LogP contribution is -2.45. The normalized spacial score (nSPS) is 23.6. The molecule has 2 saturated heterocycles. The Kier molecular flexibility index (Phi) is 6.08. The molecule has 0 unspecified atom stereocenters. The quantitative estimate of drug-likeness (QED) is 0.763. The van der Waals surface area contributed by atoms with Gasteiger partial charge in [-0.15, -0.1) is 0 Å². The fraction of sp³-hybridized carbons (Fsp3) is 0.611. The summed E-state index contributed by atoms with van der Waals surface area (Å²) >= 11 is 0. The van der Waals surface area contributed by atoms with Crippen LogP contribution in [0.3, 0.4) is 0 Å². The van der Waals surface area contributed by atoms with Crippen LogP contribution in [0.15, 0.2) is 24.3 Å². The Balaban J connectivity index is 1.36. The first kappa shape index (κ1) is 19.7. The molecule has 0 aliphatic carbocycles. The molecule has 2 amide bonds. The van der Waals surface area contributed by atoms with Crippen molar-refractivity contribution >= 4 is 11.7 Å². The van der Waals surface area contributed by atoms with Gasteiger partial charge in [0.25, 0.3) is 0 Å². The number of carbonyl (C=O) groups excluding carboxylic acids is 1. The van der Waals surface area contributed by atoms with Crippen molar-refractivity contribution in [3.05, 3.63) is 30.1 Å². The van der Waals surface area contributed by atoms with Crippen LogP contribution in [-0.4, -0.2) is 62.4 Å². The molecule has 5 nitrogen and oxygen atoms in total. The van der Waals surface area contributed by atoms with Crippen molar-refractivity contribution in [2.24, 2.45) is 5.92 Å². The first-order chi connectivity index (χ1) is 12.8. The molecule has 2 fully saturated rings. The van der Waals surface area contributed by atoms with E-state index in [-0.39, 0.29) is 30.4 Å². The topological polar surface area (TPSA) is 47.6 Å². The van der Waals surface area contributed by atoms with Crippen LogP contribution in [0, 0.1) is 11.7 Å². The fourth-order valence-corrected chi connectivity index (χ4v) is 3.71. The van der Waals surface area contributed by atoms with E-state index in [2.05, 4.69) is 15.5 Å². The molecule has 0 spiro atoms. The minimum absolute atomic E-state index is 0.217. The van der Waals surface area contributed by atoms with E-state index in [1.54, 1.807) is 12.1 Å². The maximum atomic E-state index is 13.0. The molecule has 3 rings (SSSR count). The van der Waals surface area contributed by atoms with Crippen LogP contribution >= 0.6 is 0 Å². The molecular formula is C18H24F4N4O. The number of likely N-dealkylation sites (tertiary alicyclic amines) is 1. The monoisotopic (exact) mass is 388 g/mol. The van der Waals surface area contributed by atoms with Crippen LogP contribution < -0.4 is 15.5 Å². The molecule has 2 aliphatic rings. The summed E-state index contributed by atoms with van der Waals surface area (Å²) in [6.07, 6.45) is -2.78. The third kappa shape index (κ3) is 5.98. The molecule has 9 heteroatoms. The van der Waals surface area contributed by atoms with Gasteiger partial charge >= 0.3 is 12.2 Å². The van der Waals surface area contributed by atoms with Crippen molar-refractivity contribution in [2.45, 2.75) is 25.1 Å². The van der Waals surface area contributed by atoms with Crippen molar-refractivity contribution in [1.82, 2.24) is 15.5 Å². The summed E-state index contributed by atoms with van der Waals surface area (Å²) in [6.45, 7) is 1.73. The SMILES string of the molecule is O=C(NC[C@H]1CCN(c2ccc(F)cc2)C1)N[C@H]1CCN(CC(F)(F)F)C1. The number of rotatable bonds is 5. The van der Waals surface area contributed by atoms with Gasteiger partial charge in [-0.1, -0.05) is 0 Å². The highest BCUT2D eigenvalue weighted by Crippen LogP contribution is 2.23. The van der Waals surface area contributed by atoms with Crippen molar-refractivity contribution in [2.75, 3.05) is 44.2 Å². The van der Waals surface area contributed by atoms with Crippen LogP contribution in [0.5, 0.6) is 0 Å². The Bertz CT molecular complexity index is 637. The number of carbonyl (C=O) groups is 1. The van der Waals surface area contributed by atoms with Gasteiger partial charge in [0.05, 0.1) is 6.54 Å². The van der Waals surface area contributed by atoms with Gasteiger partial charge < -0.3 is 15.5 Å². The number of halogens is 4. The van der Waals surface area contributed by atoms with Crippen LogP contribution in [0.2, 0.25) is 0 Å². The maximum Gasteiger partial charge on any atom is 0.401 e. The Labute approximate surface area is 155 Å². The summed E-state index contributed by atoms with van der Waals surface area (Å²) in [5.74, 6) is 0.0136. The van der Waals surface area contributed by atoms with E-state index in [1.165, 1.54) is 17.0 Å². The van der Waals surface area contributed by atoms with Gasteiger partial charge in [-0.2, -0.15) is 13.2 Å². The zero-order chi connectivity index (χ0) is 19.4. The van der Waals surface area contributed by atoms with Crippen LogP contribution in [-0.2, 0) is 0 Å². The van der Waals surface area contributed by atoms with E-state index < -0.39 is 12.7 Å². The minimum Gasteiger partial charge on any atom is -0.371 e. The number of hydrogen-bond donors (Lipinski definition) is 2. The molecule has 0 saturated carbocycles. The van der Waals surface area contributed by atoms with Crippen molar-refractivity contribution in [3.8, 4) is 0 Å². The maximum absolute atomic E-state index is 13.0. The molecule has 1 aromatic rings. The number of urea groups is 1. The Morgan fingerprint density at radius 1 is 1.11 bits per heavy atom. The highest BCUT2D eigenvalue weighted by Gasteiger charge is 2.34. The molecule has 0 bridgehead atoms. The molecule has 2 N–H and O–H groups in total. The number of alkyl halides is 3. The molecule has 2 atom stereocenters. The van der Waals surface area contributed by atoms with E-state index in [0.717, 1.165) is 25.2 Å². The second-order valence-corrected chi connectivity index (χ2v) is 7.27. The minimum atomic E-state index is -4.21. The number of anilines is 1. The first-order valence-corrected chi connectivity index (χ1v) is 9.12. The summed E-state index contributed by atoms with van der Waals surface area (Å²) in [7, 11) is 0. The van der Waals surface area contributed by atoms with Gasteiger partial charge in [-0.25, -0.2) is 9.18 Å². The van der Waals surface area contributed by atoms with E-state index in [1.807, 2.05) is 0 Å². The molecular weight excluding hydrogens is 364 g/mol. The van der Waals surface area contributed by atoms with Gasteiger partial charge in [0.2, 0.25) is 0 Å². The van der Waals surface area contributed by atoms with Gasteiger partial charge in [0, 0.05) is 44.5 Å². The molecule has 2 aliphatic heterocycles. The predicted octanol–water partition coefficient (Wildman–Crippen LogP) is 2.59. The average molecular weight is 388 g/mol. The van der Waals surface area contributed by atoms with Crippen molar-refractivity contribution < 1.29 is 22.4 Å². The summed E-state index contributed by atoms with van der Waals surface area (Å²) in [5.41, 5.74) is 0.957. The molecule has 2 heterocycles. The lowest BCUT2D eigenvalue weighted by molar-refractivity contribution is -0.143. The predicted molar refractivity (Wildman–Crippen MR) is 94.2 cm³/mol. The largest absolute Gasteiger partial charge is 0.401 e. The average Bonchev–Trinajstić information content (AvgIpc) is 3.22. The standard InChI is InChI=1S/C18H24F4N4O/c19-14-1-3-16(4-2-14)26-8-5-13(10-26)9-23-17(27)24-15-6-7-25(11-15)12-18(20,21)22/h1-4,13,15H,5-12H2,(H2,23,24,27)/t13-,15+/m1/s1. The third-order valence-electron chi connectivity index (χ3n) is 5.04. The lowest BCUT2D eigenvalue weighted by Gasteiger charge is -2.20. The number of amides is 2. The Hall–Kier alpha value is -2.03. The van der Waals surface area contributed by atoms with Gasteiger partial charge in [0.1, 0.15) is 5.82 Å². The number of hydrogen-bond acceptors (Lipinski definition) is 3. The Morgan fingerprint density at radius 2 is 1.85 bits per heavy atom. The number of nitrogens with one attached hydrogen (secondary N) is 2. The fourth-order valence-electron chi connectivity index (χ4n) is 3.71. The zero-order valence-corrected chi connectivity index (χ0v) is 14.9. The van der Waals surface area contributed by atoms with Gasteiger partial charge in [-0.3, -0.25) is 4.90 Å². The van der Waals surface area contributed by atoms with Crippen molar-refractivity contribution in [3.63, 3.8) is 0 Å².